The van der Waals surface area contributed by atoms with Crippen LogP contribution in [0.3, 0.4) is 0 Å². The van der Waals surface area contributed by atoms with E-state index in [2.05, 4.69) is 11.6 Å². The van der Waals surface area contributed by atoms with Crippen molar-refractivity contribution in [1.29, 1.82) is 0 Å². The van der Waals surface area contributed by atoms with E-state index in [1.54, 1.807) is 24.3 Å². The van der Waals surface area contributed by atoms with Gasteiger partial charge in [-0.05, 0) is 36.0 Å². The Hall–Kier alpha value is -3.14. The normalized spacial score (nSPS) is 11.5. The third-order valence-electron chi connectivity index (χ3n) is 3.82. The van der Waals surface area contributed by atoms with E-state index in [0.29, 0.717) is 17.0 Å². The van der Waals surface area contributed by atoms with E-state index in [0.717, 1.165) is 23.9 Å². The second kappa shape index (κ2) is 7.47. The van der Waals surface area contributed by atoms with E-state index in [-0.39, 0.29) is 22.2 Å². The van der Waals surface area contributed by atoms with Gasteiger partial charge in [0.2, 0.25) is 0 Å². The van der Waals surface area contributed by atoms with Crippen LogP contribution in [0.1, 0.15) is 5.56 Å². The topological polar surface area (TPSA) is 78.0 Å². The van der Waals surface area contributed by atoms with Crippen molar-refractivity contribution in [2.24, 2.45) is 0 Å². The van der Waals surface area contributed by atoms with E-state index in [1.807, 2.05) is 0 Å². The van der Waals surface area contributed by atoms with Gasteiger partial charge in [0, 0.05) is 12.6 Å². The molecule has 6 nitrogen and oxygen atoms in total. The summed E-state index contributed by atoms with van der Waals surface area (Å²) in [7, 11) is 0. The molecule has 10 heteroatoms. The Morgan fingerprint density at radius 1 is 1.25 bits per heavy atom. The summed E-state index contributed by atoms with van der Waals surface area (Å²) < 4.78 is 39.9. The van der Waals surface area contributed by atoms with Crippen LogP contribution in [0.15, 0.2) is 70.0 Å². The predicted octanol–water partition coefficient (Wildman–Crippen LogP) is 4.66. The predicted molar refractivity (Wildman–Crippen MR) is 98.4 cm³/mol. The molecule has 0 fully saturated rings. The van der Waals surface area contributed by atoms with Crippen molar-refractivity contribution in [3.63, 3.8) is 0 Å². The zero-order chi connectivity index (χ0) is 20.5. The molecule has 0 aliphatic carbocycles. The van der Waals surface area contributed by atoms with Crippen LogP contribution in [0.25, 0.3) is 10.9 Å². The summed E-state index contributed by atoms with van der Waals surface area (Å²) in [4.78, 5) is 27.4. The summed E-state index contributed by atoms with van der Waals surface area (Å²) in [6.45, 7) is 3.67. The minimum absolute atomic E-state index is 0.0574. The van der Waals surface area contributed by atoms with Crippen LogP contribution in [0.2, 0.25) is 0 Å². The Morgan fingerprint density at radius 2 is 1.96 bits per heavy atom. The molecule has 1 aromatic heterocycles. The van der Waals surface area contributed by atoms with Gasteiger partial charge in [-0.2, -0.15) is 13.2 Å². The molecule has 0 aliphatic heterocycles. The van der Waals surface area contributed by atoms with Crippen LogP contribution < -0.4 is 5.56 Å². The second-order valence-corrected chi connectivity index (χ2v) is 6.66. The van der Waals surface area contributed by atoms with Gasteiger partial charge in [0.15, 0.2) is 5.16 Å². The maximum atomic E-state index is 12.9. The first-order chi connectivity index (χ1) is 13.2. The van der Waals surface area contributed by atoms with Gasteiger partial charge < -0.3 is 0 Å². The first-order valence-electron chi connectivity index (χ1n) is 7.86. The SMILES string of the molecule is C=CCn1c(Sc2ccc(C(F)(F)F)cc2[N+](=O)[O-])nc2ccccc2c1=O. The Morgan fingerprint density at radius 3 is 2.61 bits per heavy atom. The number of halogens is 3. The number of alkyl halides is 3. The van der Waals surface area contributed by atoms with Gasteiger partial charge in [-0.25, -0.2) is 4.98 Å². The number of aromatic nitrogens is 2. The molecule has 3 rings (SSSR count). The van der Waals surface area contributed by atoms with E-state index < -0.39 is 22.4 Å². The third kappa shape index (κ3) is 3.77. The van der Waals surface area contributed by atoms with Crippen molar-refractivity contribution in [3.05, 3.63) is 81.2 Å². The number of hydrogen-bond donors (Lipinski definition) is 0. The summed E-state index contributed by atoms with van der Waals surface area (Å²) in [5.41, 5.74) is -1.83. The van der Waals surface area contributed by atoms with Crippen molar-refractivity contribution in [1.82, 2.24) is 9.55 Å². The van der Waals surface area contributed by atoms with Crippen LogP contribution >= 0.6 is 11.8 Å². The number of hydrogen-bond acceptors (Lipinski definition) is 5. The van der Waals surface area contributed by atoms with Crippen molar-refractivity contribution >= 4 is 28.4 Å². The Kier molecular flexibility index (Phi) is 5.23. The molecule has 0 amide bonds. The van der Waals surface area contributed by atoms with Gasteiger partial charge in [0.1, 0.15) is 0 Å². The van der Waals surface area contributed by atoms with Crippen molar-refractivity contribution in [3.8, 4) is 0 Å². The largest absolute Gasteiger partial charge is 0.416 e. The van der Waals surface area contributed by atoms with E-state index in [1.165, 1.54) is 10.6 Å². The number of para-hydroxylation sites is 1. The minimum atomic E-state index is -4.71. The van der Waals surface area contributed by atoms with E-state index >= 15 is 0 Å². The molecule has 28 heavy (non-hydrogen) atoms. The average molecular weight is 407 g/mol. The smallest absolute Gasteiger partial charge is 0.283 e. The molecule has 2 aromatic carbocycles. The number of fused-ring (bicyclic) bond motifs is 1. The fraction of sp³-hybridized carbons (Fsp3) is 0.111. The molecule has 0 atom stereocenters. The first-order valence-corrected chi connectivity index (χ1v) is 8.68. The summed E-state index contributed by atoms with van der Waals surface area (Å²) in [5, 5.41) is 11.8. The highest BCUT2D eigenvalue weighted by Gasteiger charge is 2.33. The first kappa shape index (κ1) is 19.6. The lowest BCUT2D eigenvalue weighted by molar-refractivity contribution is -0.388. The van der Waals surface area contributed by atoms with Crippen LogP contribution in [-0.4, -0.2) is 14.5 Å². The van der Waals surface area contributed by atoms with Crippen molar-refractivity contribution < 1.29 is 18.1 Å². The molecule has 0 bridgehead atoms. The minimum Gasteiger partial charge on any atom is -0.283 e. The number of nitro groups is 1. The fourth-order valence-electron chi connectivity index (χ4n) is 2.54. The highest BCUT2D eigenvalue weighted by molar-refractivity contribution is 7.99. The molecule has 0 spiro atoms. The highest BCUT2D eigenvalue weighted by Crippen LogP contribution is 2.38. The van der Waals surface area contributed by atoms with Crippen molar-refractivity contribution in [2.45, 2.75) is 22.8 Å². The summed E-state index contributed by atoms with van der Waals surface area (Å²) >= 11 is 0.753. The van der Waals surface area contributed by atoms with Gasteiger partial charge >= 0.3 is 6.18 Å². The van der Waals surface area contributed by atoms with Gasteiger partial charge in [-0.15, -0.1) is 6.58 Å². The van der Waals surface area contributed by atoms with E-state index in [4.69, 9.17) is 0 Å². The average Bonchev–Trinajstić information content (AvgIpc) is 2.64. The van der Waals surface area contributed by atoms with Crippen LogP contribution in [0.5, 0.6) is 0 Å². The number of rotatable bonds is 5. The molecular formula is C18H12F3N3O3S. The standard InChI is InChI=1S/C18H12F3N3O3S/c1-2-9-23-16(25)12-5-3-4-6-13(12)22-17(23)28-15-8-7-11(18(19,20)21)10-14(15)24(26)27/h2-8,10H,1,9H2. The maximum absolute atomic E-state index is 12.9. The van der Waals surface area contributed by atoms with E-state index in [9.17, 15) is 28.1 Å². The second-order valence-electron chi connectivity index (χ2n) is 5.66. The molecule has 0 N–H and O–H groups in total. The van der Waals surface area contributed by atoms with Crippen LogP contribution in [0, 0.1) is 10.1 Å². The summed E-state index contributed by atoms with van der Waals surface area (Å²) in [6, 6.07) is 8.80. The molecule has 0 saturated carbocycles. The Labute approximate surface area is 160 Å². The zero-order valence-corrected chi connectivity index (χ0v) is 15.0. The lowest BCUT2D eigenvalue weighted by atomic mass is 10.2. The van der Waals surface area contributed by atoms with Gasteiger partial charge in [-0.1, -0.05) is 18.2 Å². The van der Waals surface area contributed by atoms with Gasteiger partial charge in [0.05, 0.1) is 26.3 Å². The summed E-state index contributed by atoms with van der Waals surface area (Å²) in [5.74, 6) is 0. The zero-order valence-electron chi connectivity index (χ0n) is 14.1. The van der Waals surface area contributed by atoms with Crippen LogP contribution in [-0.2, 0) is 12.7 Å². The monoisotopic (exact) mass is 407 g/mol. The number of nitro benzene ring substituents is 1. The van der Waals surface area contributed by atoms with Gasteiger partial charge in [0.25, 0.3) is 11.2 Å². The molecule has 0 aliphatic rings. The maximum Gasteiger partial charge on any atom is 0.416 e. The van der Waals surface area contributed by atoms with Gasteiger partial charge in [-0.3, -0.25) is 19.5 Å². The Bertz CT molecular complexity index is 1140. The molecule has 0 radical (unpaired) electrons. The van der Waals surface area contributed by atoms with Crippen molar-refractivity contribution in [2.75, 3.05) is 0 Å². The number of allylic oxidation sites excluding steroid dienone is 1. The lowest BCUT2D eigenvalue weighted by Gasteiger charge is -2.12. The molecule has 144 valence electrons. The highest BCUT2D eigenvalue weighted by atomic mass is 32.2. The molecule has 1 heterocycles. The third-order valence-corrected chi connectivity index (χ3v) is 4.88. The summed E-state index contributed by atoms with van der Waals surface area (Å²) in [6.07, 6.45) is -3.25. The molecule has 3 aromatic rings. The Balaban J connectivity index is 2.17. The lowest BCUT2D eigenvalue weighted by Crippen LogP contribution is -2.22. The van der Waals surface area contributed by atoms with Crippen LogP contribution in [0.4, 0.5) is 18.9 Å². The quantitative estimate of drug-likeness (QED) is 0.266. The number of nitrogens with zero attached hydrogens (tertiary/aromatic N) is 3. The molecule has 0 saturated heterocycles. The fourth-order valence-corrected chi connectivity index (χ4v) is 3.52. The molecular weight excluding hydrogens is 395 g/mol. The molecule has 0 unspecified atom stereocenters. The number of benzene rings is 2.